The standard InChI is InChI=1S/C8H9N3O2S/c1-13-8(12)4-6-2-3-7(14-6)5-10-11-9/h2-3H,4-5H2,1H3. The smallest absolute Gasteiger partial charge is 0.310 e. The van der Waals surface area contributed by atoms with Gasteiger partial charge in [0, 0.05) is 14.7 Å². The van der Waals surface area contributed by atoms with E-state index in [0.717, 1.165) is 9.75 Å². The Balaban J connectivity index is 2.58. The number of esters is 1. The number of carbonyl (C=O) groups excluding carboxylic acids is 1. The van der Waals surface area contributed by atoms with Gasteiger partial charge in [-0.1, -0.05) is 5.11 Å². The Kier molecular flexibility index (Phi) is 3.97. The molecule has 0 saturated heterocycles. The van der Waals surface area contributed by atoms with Crippen LogP contribution in [0.3, 0.4) is 0 Å². The molecule has 0 N–H and O–H groups in total. The lowest BCUT2D eigenvalue weighted by Crippen LogP contribution is -2.02. The topological polar surface area (TPSA) is 75.1 Å². The lowest BCUT2D eigenvalue weighted by molar-refractivity contribution is -0.139. The summed E-state index contributed by atoms with van der Waals surface area (Å²) in [7, 11) is 1.36. The maximum absolute atomic E-state index is 10.9. The first-order valence-electron chi connectivity index (χ1n) is 3.91. The highest BCUT2D eigenvalue weighted by Gasteiger charge is 2.05. The molecule has 74 valence electrons. The summed E-state index contributed by atoms with van der Waals surface area (Å²) in [6, 6.07) is 3.68. The van der Waals surface area contributed by atoms with Crippen molar-refractivity contribution in [2.45, 2.75) is 13.0 Å². The van der Waals surface area contributed by atoms with Gasteiger partial charge in [0.15, 0.2) is 0 Å². The summed E-state index contributed by atoms with van der Waals surface area (Å²) in [6.45, 7) is 0.336. The van der Waals surface area contributed by atoms with Crippen molar-refractivity contribution in [3.63, 3.8) is 0 Å². The van der Waals surface area contributed by atoms with Gasteiger partial charge in [-0.3, -0.25) is 4.79 Å². The van der Waals surface area contributed by atoms with Crippen LogP contribution in [0.15, 0.2) is 17.2 Å². The minimum Gasteiger partial charge on any atom is -0.469 e. The van der Waals surface area contributed by atoms with Crippen molar-refractivity contribution in [2.24, 2.45) is 5.11 Å². The zero-order valence-corrected chi connectivity index (χ0v) is 8.45. The van der Waals surface area contributed by atoms with Crippen molar-refractivity contribution < 1.29 is 9.53 Å². The van der Waals surface area contributed by atoms with Crippen molar-refractivity contribution in [2.75, 3.05) is 7.11 Å². The summed E-state index contributed by atoms with van der Waals surface area (Å²) in [5.41, 5.74) is 8.11. The monoisotopic (exact) mass is 211 g/mol. The van der Waals surface area contributed by atoms with Crippen LogP contribution in [-0.4, -0.2) is 13.1 Å². The van der Waals surface area contributed by atoms with Gasteiger partial charge in [-0.25, -0.2) is 0 Å². The van der Waals surface area contributed by atoms with Crippen molar-refractivity contribution in [1.29, 1.82) is 0 Å². The third-order valence-corrected chi connectivity index (χ3v) is 2.62. The van der Waals surface area contributed by atoms with Gasteiger partial charge in [0.05, 0.1) is 20.1 Å². The number of methoxy groups -OCH3 is 1. The second-order valence-corrected chi connectivity index (χ2v) is 3.76. The van der Waals surface area contributed by atoms with Crippen LogP contribution in [-0.2, 0) is 22.5 Å². The Morgan fingerprint density at radius 2 is 2.36 bits per heavy atom. The average Bonchev–Trinajstić information content (AvgIpc) is 2.62. The molecule has 0 aliphatic rings. The molecule has 0 spiro atoms. The molecule has 0 fully saturated rings. The maximum atomic E-state index is 10.9. The van der Waals surface area contributed by atoms with Gasteiger partial charge in [-0.15, -0.1) is 11.3 Å². The van der Waals surface area contributed by atoms with Crippen LogP contribution in [0.2, 0.25) is 0 Å². The van der Waals surface area contributed by atoms with Crippen molar-refractivity contribution in [3.05, 3.63) is 32.3 Å². The molecule has 5 nitrogen and oxygen atoms in total. The molecule has 1 aromatic heterocycles. The fourth-order valence-electron chi connectivity index (χ4n) is 0.918. The summed E-state index contributed by atoms with van der Waals surface area (Å²) < 4.78 is 4.53. The molecular formula is C8H9N3O2S. The van der Waals surface area contributed by atoms with Gasteiger partial charge < -0.3 is 4.74 Å². The second kappa shape index (κ2) is 5.26. The Bertz CT molecular complexity index is 368. The van der Waals surface area contributed by atoms with Crippen molar-refractivity contribution in [1.82, 2.24) is 0 Å². The van der Waals surface area contributed by atoms with Gasteiger partial charge >= 0.3 is 5.97 Å². The second-order valence-electron chi connectivity index (χ2n) is 2.51. The van der Waals surface area contributed by atoms with E-state index < -0.39 is 0 Å². The first-order chi connectivity index (χ1) is 6.76. The highest BCUT2D eigenvalue weighted by atomic mass is 32.1. The molecule has 0 atom stereocenters. The van der Waals surface area contributed by atoms with Gasteiger partial charge in [0.2, 0.25) is 0 Å². The minimum absolute atomic E-state index is 0.262. The molecule has 1 rings (SSSR count). The summed E-state index contributed by atoms with van der Waals surface area (Å²) in [4.78, 5) is 15.4. The number of hydrogen-bond donors (Lipinski definition) is 0. The number of rotatable bonds is 4. The van der Waals surface area contributed by atoms with Crippen LogP contribution >= 0.6 is 11.3 Å². The largest absolute Gasteiger partial charge is 0.469 e. The SMILES string of the molecule is COC(=O)Cc1ccc(CN=[N+]=[N-])s1. The van der Waals surface area contributed by atoms with E-state index in [4.69, 9.17) is 5.53 Å². The molecule has 6 heteroatoms. The van der Waals surface area contributed by atoms with Crippen LogP contribution in [0.25, 0.3) is 10.4 Å². The zero-order valence-electron chi connectivity index (χ0n) is 7.64. The van der Waals surface area contributed by atoms with Crippen molar-refractivity contribution in [3.8, 4) is 0 Å². The van der Waals surface area contributed by atoms with E-state index in [1.807, 2.05) is 12.1 Å². The summed E-state index contributed by atoms with van der Waals surface area (Å²) in [5.74, 6) is -0.262. The molecule has 0 radical (unpaired) electrons. The van der Waals surface area contributed by atoms with Crippen LogP contribution in [0, 0.1) is 0 Å². The molecule has 0 saturated carbocycles. The third-order valence-electron chi connectivity index (χ3n) is 1.55. The van der Waals surface area contributed by atoms with Gasteiger partial charge in [0.25, 0.3) is 0 Å². The van der Waals surface area contributed by atoms with E-state index in [1.54, 1.807) is 0 Å². The summed E-state index contributed by atoms with van der Waals surface area (Å²) >= 11 is 1.45. The van der Waals surface area contributed by atoms with E-state index in [9.17, 15) is 4.79 Å². The Labute approximate surface area is 84.9 Å². The Morgan fingerprint density at radius 3 is 3.00 bits per heavy atom. The number of azide groups is 1. The molecule has 1 heterocycles. The summed E-state index contributed by atoms with van der Waals surface area (Å²) in [6.07, 6.45) is 0.275. The van der Waals surface area contributed by atoms with Crippen LogP contribution in [0.5, 0.6) is 0 Å². The Morgan fingerprint density at radius 1 is 1.64 bits per heavy atom. The highest BCUT2D eigenvalue weighted by molar-refractivity contribution is 7.12. The third kappa shape index (κ3) is 3.08. The predicted molar refractivity (Wildman–Crippen MR) is 52.9 cm³/mol. The fraction of sp³-hybridized carbons (Fsp3) is 0.375. The number of thiophene rings is 1. The fourth-order valence-corrected chi connectivity index (χ4v) is 1.84. The molecule has 0 amide bonds. The van der Waals surface area contributed by atoms with Crippen LogP contribution < -0.4 is 0 Å². The number of nitrogens with zero attached hydrogens (tertiary/aromatic N) is 3. The van der Waals surface area contributed by atoms with Crippen molar-refractivity contribution >= 4 is 17.3 Å². The molecule has 1 aromatic rings. The molecule has 0 aromatic carbocycles. The molecule has 0 aliphatic heterocycles. The van der Waals surface area contributed by atoms with E-state index in [2.05, 4.69) is 14.8 Å². The normalized spacial score (nSPS) is 9.21. The first kappa shape index (κ1) is 10.6. The first-order valence-corrected chi connectivity index (χ1v) is 4.73. The lowest BCUT2D eigenvalue weighted by Gasteiger charge is -1.94. The zero-order chi connectivity index (χ0) is 10.4. The molecule has 0 bridgehead atoms. The molecule has 14 heavy (non-hydrogen) atoms. The number of hydrogen-bond acceptors (Lipinski definition) is 4. The average molecular weight is 211 g/mol. The minimum atomic E-state index is -0.262. The number of ether oxygens (including phenoxy) is 1. The van der Waals surface area contributed by atoms with Crippen LogP contribution in [0.4, 0.5) is 0 Å². The van der Waals surface area contributed by atoms with E-state index >= 15 is 0 Å². The summed E-state index contributed by atoms with van der Waals surface area (Å²) in [5, 5.41) is 3.43. The predicted octanol–water partition coefficient (Wildman–Crippen LogP) is 2.27. The van der Waals surface area contributed by atoms with E-state index in [1.165, 1.54) is 18.4 Å². The number of carbonyl (C=O) groups is 1. The quantitative estimate of drug-likeness (QED) is 0.331. The van der Waals surface area contributed by atoms with Gasteiger partial charge in [0.1, 0.15) is 0 Å². The van der Waals surface area contributed by atoms with Crippen LogP contribution in [0.1, 0.15) is 9.75 Å². The van der Waals surface area contributed by atoms with Gasteiger partial charge in [-0.05, 0) is 17.7 Å². The molecule has 0 aliphatic carbocycles. The lowest BCUT2D eigenvalue weighted by atomic mass is 10.3. The maximum Gasteiger partial charge on any atom is 0.310 e. The van der Waals surface area contributed by atoms with E-state index in [-0.39, 0.29) is 12.4 Å². The highest BCUT2D eigenvalue weighted by Crippen LogP contribution is 2.18. The van der Waals surface area contributed by atoms with E-state index in [0.29, 0.717) is 6.54 Å². The van der Waals surface area contributed by atoms with Gasteiger partial charge in [-0.2, -0.15) is 0 Å². The molecular weight excluding hydrogens is 202 g/mol. The molecule has 0 unspecified atom stereocenters. The Hall–Kier alpha value is -1.52.